The van der Waals surface area contributed by atoms with E-state index in [0.717, 1.165) is 24.8 Å². The van der Waals surface area contributed by atoms with Crippen molar-refractivity contribution in [3.63, 3.8) is 0 Å². The van der Waals surface area contributed by atoms with Crippen LogP contribution in [-0.2, 0) is 6.42 Å². The van der Waals surface area contributed by atoms with Gasteiger partial charge in [0.15, 0.2) is 0 Å². The molecule has 0 aliphatic carbocycles. The SMILES string of the molecule is CCC(N)(CC)Cc1ccc(Cl)cc1Cl. The molecule has 0 radical (unpaired) electrons. The Labute approximate surface area is 102 Å². The Morgan fingerprint density at radius 1 is 1.20 bits per heavy atom. The van der Waals surface area contributed by atoms with Gasteiger partial charge in [-0.3, -0.25) is 0 Å². The average molecular weight is 246 g/mol. The van der Waals surface area contributed by atoms with E-state index in [1.54, 1.807) is 6.07 Å². The van der Waals surface area contributed by atoms with Crippen molar-refractivity contribution in [2.75, 3.05) is 0 Å². The molecular formula is C12H17Cl2N. The molecule has 0 atom stereocenters. The number of rotatable bonds is 4. The zero-order valence-electron chi connectivity index (χ0n) is 9.19. The molecule has 0 amide bonds. The minimum absolute atomic E-state index is 0.155. The van der Waals surface area contributed by atoms with E-state index < -0.39 is 0 Å². The van der Waals surface area contributed by atoms with Crippen molar-refractivity contribution in [1.29, 1.82) is 0 Å². The summed E-state index contributed by atoms with van der Waals surface area (Å²) in [5, 5.41) is 1.37. The van der Waals surface area contributed by atoms with E-state index in [4.69, 9.17) is 28.9 Å². The summed E-state index contributed by atoms with van der Waals surface area (Å²) >= 11 is 11.9. The molecule has 0 aliphatic heterocycles. The molecule has 0 saturated carbocycles. The zero-order valence-corrected chi connectivity index (χ0v) is 10.7. The van der Waals surface area contributed by atoms with Crippen LogP contribution in [-0.4, -0.2) is 5.54 Å². The first-order valence-corrected chi connectivity index (χ1v) is 5.99. The lowest BCUT2D eigenvalue weighted by atomic mass is 9.87. The first-order chi connectivity index (χ1) is 7.00. The molecule has 0 heterocycles. The van der Waals surface area contributed by atoms with Crippen LogP contribution in [0.25, 0.3) is 0 Å². The van der Waals surface area contributed by atoms with Crippen LogP contribution < -0.4 is 5.73 Å². The zero-order chi connectivity index (χ0) is 11.5. The van der Waals surface area contributed by atoms with E-state index in [2.05, 4.69) is 13.8 Å². The lowest BCUT2D eigenvalue weighted by Crippen LogP contribution is -2.40. The minimum atomic E-state index is -0.155. The lowest BCUT2D eigenvalue weighted by Gasteiger charge is -2.27. The molecule has 0 bridgehead atoms. The second-order valence-electron chi connectivity index (χ2n) is 3.98. The van der Waals surface area contributed by atoms with Gasteiger partial charge < -0.3 is 5.73 Å². The molecule has 1 rings (SSSR count). The van der Waals surface area contributed by atoms with Crippen LogP contribution in [0.3, 0.4) is 0 Å². The molecule has 0 unspecified atom stereocenters. The first-order valence-electron chi connectivity index (χ1n) is 5.23. The second kappa shape index (κ2) is 5.20. The Hall–Kier alpha value is -0.240. The van der Waals surface area contributed by atoms with Gasteiger partial charge in [0.2, 0.25) is 0 Å². The molecule has 3 heteroatoms. The van der Waals surface area contributed by atoms with Crippen molar-refractivity contribution in [2.24, 2.45) is 5.73 Å². The van der Waals surface area contributed by atoms with E-state index in [1.807, 2.05) is 12.1 Å². The summed E-state index contributed by atoms with van der Waals surface area (Å²) < 4.78 is 0. The van der Waals surface area contributed by atoms with E-state index >= 15 is 0 Å². The van der Waals surface area contributed by atoms with Gasteiger partial charge in [0, 0.05) is 15.6 Å². The number of nitrogens with two attached hydrogens (primary N) is 1. The Kier molecular flexibility index (Phi) is 4.45. The molecule has 2 N–H and O–H groups in total. The van der Waals surface area contributed by atoms with Crippen LogP contribution in [0.15, 0.2) is 18.2 Å². The van der Waals surface area contributed by atoms with Gasteiger partial charge in [0.25, 0.3) is 0 Å². The Morgan fingerprint density at radius 3 is 2.27 bits per heavy atom. The largest absolute Gasteiger partial charge is 0.325 e. The number of halogens is 2. The summed E-state index contributed by atoms with van der Waals surface area (Å²) in [6.45, 7) is 4.21. The minimum Gasteiger partial charge on any atom is -0.325 e. The molecule has 1 aromatic carbocycles. The van der Waals surface area contributed by atoms with Gasteiger partial charge >= 0.3 is 0 Å². The van der Waals surface area contributed by atoms with Crippen LogP contribution in [0, 0.1) is 0 Å². The molecule has 1 aromatic rings. The fourth-order valence-corrected chi connectivity index (χ4v) is 2.02. The molecule has 0 spiro atoms. The maximum absolute atomic E-state index is 6.24. The number of benzene rings is 1. The summed E-state index contributed by atoms with van der Waals surface area (Å²) in [4.78, 5) is 0. The molecule has 15 heavy (non-hydrogen) atoms. The van der Waals surface area contributed by atoms with E-state index in [9.17, 15) is 0 Å². The van der Waals surface area contributed by atoms with Crippen LogP contribution in [0.2, 0.25) is 10.0 Å². The topological polar surface area (TPSA) is 26.0 Å². The van der Waals surface area contributed by atoms with Crippen LogP contribution in [0.4, 0.5) is 0 Å². The molecular weight excluding hydrogens is 229 g/mol. The Balaban J connectivity index is 2.89. The van der Waals surface area contributed by atoms with E-state index in [1.165, 1.54) is 0 Å². The van der Waals surface area contributed by atoms with Gasteiger partial charge in [0.1, 0.15) is 0 Å². The molecule has 0 aromatic heterocycles. The van der Waals surface area contributed by atoms with Crippen LogP contribution >= 0.6 is 23.2 Å². The van der Waals surface area contributed by atoms with E-state index in [-0.39, 0.29) is 5.54 Å². The first kappa shape index (κ1) is 12.8. The van der Waals surface area contributed by atoms with Gasteiger partial charge in [0.05, 0.1) is 0 Å². The second-order valence-corrected chi connectivity index (χ2v) is 4.83. The standard InChI is InChI=1S/C12H17Cl2N/c1-3-12(15,4-2)8-9-5-6-10(13)7-11(9)14/h5-7H,3-4,8,15H2,1-2H3. The maximum atomic E-state index is 6.24. The normalized spacial score (nSPS) is 11.8. The van der Waals surface area contributed by atoms with Crippen molar-refractivity contribution >= 4 is 23.2 Å². The summed E-state index contributed by atoms with van der Waals surface area (Å²) in [6, 6.07) is 5.58. The molecule has 0 saturated heterocycles. The smallest absolute Gasteiger partial charge is 0.0453 e. The van der Waals surface area contributed by atoms with Gasteiger partial charge in [-0.25, -0.2) is 0 Å². The van der Waals surface area contributed by atoms with Crippen molar-refractivity contribution in [3.05, 3.63) is 33.8 Å². The molecule has 0 aliphatic rings. The third-order valence-electron chi connectivity index (χ3n) is 2.97. The fourth-order valence-electron chi connectivity index (χ4n) is 1.54. The van der Waals surface area contributed by atoms with Gasteiger partial charge in [-0.1, -0.05) is 43.1 Å². The van der Waals surface area contributed by atoms with Crippen molar-refractivity contribution < 1.29 is 0 Å². The average Bonchev–Trinajstić information content (AvgIpc) is 2.22. The Bertz CT molecular complexity index is 332. The number of hydrogen-bond donors (Lipinski definition) is 1. The quantitative estimate of drug-likeness (QED) is 0.851. The predicted octanol–water partition coefficient (Wildman–Crippen LogP) is 4.05. The van der Waals surface area contributed by atoms with Crippen LogP contribution in [0.1, 0.15) is 32.3 Å². The van der Waals surface area contributed by atoms with E-state index in [0.29, 0.717) is 10.0 Å². The summed E-state index contributed by atoms with van der Waals surface area (Å²) in [5.41, 5.74) is 7.16. The Morgan fingerprint density at radius 2 is 1.80 bits per heavy atom. The fraction of sp³-hybridized carbons (Fsp3) is 0.500. The molecule has 1 nitrogen and oxygen atoms in total. The molecule has 0 fully saturated rings. The van der Waals surface area contributed by atoms with Gasteiger partial charge in [-0.2, -0.15) is 0 Å². The monoisotopic (exact) mass is 245 g/mol. The van der Waals surface area contributed by atoms with Crippen molar-refractivity contribution in [1.82, 2.24) is 0 Å². The molecule has 84 valence electrons. The highest BCUT2D eigenvalue weighted by molar-refractivity contribution is 6.35. The predicted molar refractivity (Wildman–Crippen MR) is 67.7 cm³/mol. The van der Waals surface area contributed by atoms with Gasteiger partial charge in [-0.05, 0) is 37.0 Å². The summed E-state index contributed by atoms with van der Waals surface area (Å²) in [7, 11) is 0. The summed E-state index contributed by atoms with van der Waals surface area (Å²) in [6.07, 6.45) is 2.70. The highest BCUT2D eigenvalue weighted by atomic mass is 35.5. The third kappa shape index (κ3) is 3.37. The lowest BCUT2D eigenvalue weighted by molar-refractivity contribution is 0.393. The highest BCUT2D eigenvalue weighted by Gasteiger charge is 2.21. The van der Waals surface area contributed by atoms with Crippen LogP contribution in [0.5, 0.6) is 0 Å². The van der Waals surface area contributed by atoms with Crippen molar-refractivity contribution in [3.8, 4) is 0 Å². The van der Waals surface area contributed by atoms with Gasteiger partial charge in [-0.15, -0.1) is 0 Å². The van der Waals surface area contributed by atoms with Crippen molar-refractivity contribution in [2.45, 2.75) is 38.6 Å². The summed E-state index contributed by atoms with van der Waals surface area (Å²) in [5.74, 6) is 0. The third-order valence-corrected chi connectivity index (χ3v) is 3.55. The maximum Gasteiger partial charge on any atom is 0.0453 e. The highest BCUT2D eigenvalue weighted by Crippen LogP contribution is 2.26. The number of hydrogen-bond acceptors (Lipinski definition) is 1.